The van der Waals surface area contributed by atoms with E-state index in [9.17, 15) is 9.59 Å². The van der Waals surface area contributed by atoms with Crippen LogP contribution in [0.3, 0.4) is 0 Å². The van der Waals surface area contributed by atoms with Crippen LogP contribution in [0.1, 0.15) is 26.2 Å². The number of imide groups is 1. The molecule has 0 aliphatic carbocycles. The van der Waals surface area contributed by atoms with E-state index >= 15 is 0 Å². The van der Waals surface area contributed by atoms with Gasteiger partial charge in [0.2, 0.25) is 0 Å². The van der Waals surface area contributed by atoms with E-state index in [2.05, 4.69) is 6.92 Å². The molecule has 0 saturated carbocycles. The first kappa shape index (κ1) is 13.9. The normalized spacial score (nSPS) is 25.2. The summed E-state index contributed by atoms with van der Waals surface area (Å²) in [6.45, 7) is 2.80. The van der Waals surface area contributed by atoms with Gasteiger partial charge in [-0.2, -0.15) is 0 Å². The number of carbonyl (C=O) groups is 2. The zero-order valence-electron chi connectivity index (χ0n) is 12.4. The maximum absolute atomic E-state index is 12.7. The maximum atomic E-state index is 12.7. The summed E-state index contributed by atoms with van der Waals surface area (Å²) in [5, 5.41) is 0. The second-order valence-electron chi connectivity index (χ2n) is 5.64. The van der Waals surface area contributed by atoms with Gasteiger partial charge in [0, 0.05) is 6.54 Å². The van der Waals surface area contributed by atoms with Gasteiger partial charge in [0.15, 0.2) is 0 Å². The van der Waals surface area contributed by atoms with E-state index < -0.39 is 0 Å². The van der Waals surface area contributed by atoms with Crippen molar-refractivity contribution < 1.29 is 14.3 Å². The molecule has 0 N–H and O–H groups in total. The van der Waals surface area contributed by atoms with E-state index in [0.29, 0.717) is 23.9 Å². The molecule has 2 saturated heterocycles. The first-order valence-corrected chi connectivity index (χ1v) is 7.45. The Labute approximate surface area is 124 Å². The van der Waals surface area contributed by atoms with Crippen LogP contribution in [0.2, 0.25) is 0 Å². The number of anilines is 1. The predicted molar refractivity (Wildman–Crippen MR) is 79.4 cm³/mol. The van der Waals surface area contributed by atoms with Gasteiger partial charge in [-0.15, -0.1) is 0 Å². The van der Waals surface area contributed by atoms with E-state index in [1.807, 2.05) is 12.1 Å². The minimum atomic E-state index is -0.305. The minimum absolute atomic E-state index is 0.123. The number of carbonyl (C=O) groups excluding carboxylic acids is 2. The molecular weight excluding hydrogens is 268 g/mol. The van der Waals surface area contributed by atoms with Crippen LogP contribution in [0.25, 0.3) is 0 Å². The summed E-state index contributed by atoms with van der Waals surface area (Å²) in [6.07, 6.45) is 2.80. The Morgan fingerprint density at radius 2 is 2.05 bits per heavy atom. The molecule has 3 rings (SSSR count). The quantitative estimate of drug-likeness (QED) is 0.803. The Morgan fingerprint density at radius 1 is 1.29 bits per heavy atom. The average Bonchev–Trinajstić information content (AvgIpc) is 2.78. The number of ether oxygens (including phenoxy) is 1. The lowest BCUT2D eigenvalue weighted by Gasteiger charge is -2.31. The average molecular weight is 288 g/mol. The van der Waals surface area contributed by atoms with E-state index in [-0.39, 0.29) is 18.0 Å². The Morgan fingerprint density at radius 3 is 2.76 bits per heavy atom. The highest BCUT2D eigenvalue weighted by atomic mass is 16.5. The molecule has 1 aromatic rings. The van der Waals surface area contributed by atoms with Crippen LogP contribution in [0.15, 0.2) is 24.3 Å². The molecule has 2 heterocycles. The number of hydrogen-bond donors (Lipinski definition) is 0. The molecule has 0 spiro atoms. The van der Waals surface area contributed by atoms with E-state index in [1.165, 1.54) is 4.90 Å². The van der Waals surface area contributed by atoms with Gasteiger partial charge in [-0.05, 0) is 30.9 Å². The van der Waals surface area contributed by atoms with Crippen molar-refractivity contribution in [3.63, 3.8) is 0 Å². The van der Waals surface area contributed by atoms with Gasteiger partial charge in [0.25, 0.3) is 5.91 Å². The third-order valence-corrected chi connectivity index (χ3v) is 4.56. The lowest BCUT2D eigenvalue weighted by atomic mass is 9.89. The molecule has 0 aromatic heterocycles. The summed E-state index contributed by atoms with van der Waals surface area (Å²) >= 11 is 0. The Balaban J connectivity index is 1.94. The fraction of sp³-hybridized carbons (Fsp3) is 0.500. The molecule has 0 radical (unpaired) electrons. The number of nitrogens with zero attached hydrogens (tertiary/aromatic N) is 2. The molecule has 5 nitrogen and oxygen atoms in total. The van der Waals surface area contributed by atoms with Crippen LogP contribution in [-0.2, 0) is 4.79 Å². The van der Waals surface area contributed by atoms with Crippen molar-refractivity contribution in [3.05, 3.63) is 24.3 Å². The second-order valence-corrected chi connectivity index (χ2v) is 5.64. The molecule has 2 aliphatic rings. The monoisotopic (exact) mass is 288 g/mol. The number of rotatable bonds is 3. The predicted octanol–water partition coefficient (Wildman–Crippen LogP) is 2.65. The van der Waals surface area contributed by atoms with E-state index in [0.717, 1.165) is 19.3 Å². The largest absolute Gasteiger partial charge is 0.495 e. The summed E-state index contributed by atoms with van der Waals surface area (Å²) in [6, 6.07) is 6.63. The maximum Gasteiger partial charge on any atom is 0.332 e. The molecular formula is C16H20N2O3. The van der Waals surface area contributed by atoms with Crippen LogP contribution >= 0.6 is 0 Å². The van der Waals surface area contributed by atoms with Crippen molar-refractivity contribution in [1.29, 1.82) is 0 Å². The topological polar surface area (TPSA) is 49.9 Å². The fourth-order valence-corrected chi connectivity index (χ4v) is 3.28. The molecule has 0 bridgehead atoms. The molecule has 21 heavy (non-hydrogen) atoms. The SMILES string of the molecule is CCC1CCN2C(=O)N(c3ccccc3OC)C(=O)C2C1. The zero-order valence-corrected chi connectivity index (χ0v) is 12.4. The molecule has 2 unspecified atom stereocenters. The highest BCUT2D eigenvalue weighted by molar-refractivity contribution is 6.22. The van der Waals surface area contributed by atoms with Gasteiger partial charge in [-0.1, -0.05) is 25.5 Å². The molecule has 2 atom stereocenters. The minimum Gasteiger partial charge on any atom is -0.495 e. The van der Waals surface area contributed by atoms with Crippen molar-refractivity contribution in [2.45, 2.75) is 32.2 Å². The summed E-state index contributed by atoms with van der Waals surface area (Å²) in [5.74, 6) is 0.953. The van der Waals surface area contributed by atoms with Crippen LogP contribution in [0.4, 0.5) is 10.5 Å². The Kier molecular flexibility index (Phi) is 3.57. The summed E-state index contributed by atoms with van der Waals surface area (Å²) in [7, 11) is 1.55. The number of para-hydroxylation sites is 2. The highest BCUT2D eigenvalue weighted by Crippen LogP contribution is 2.37. The first-order chi connectivity index (χ1) is 10.2. The summed E-state index contributed by atoms with van der Waals surface area (Å²) < 4.78 is 5.29. The van der Waals surface area contributed by atoms with Gasteiger partial charge >= 0.3 is 6.03 Å². The highest BCUT2D eigenvalue weighted by Gasteiger charge is 2.48. The lowest BCUT2D eigenvalue weighted by molar-refractivity contribution is -0.120. The second kappa shape index (κ2) is 5.39. The standard InChI is InChI=1S/C16H20N2O3/c1-3-11-8-9-17-13(10-11)15(19)18(16(17)20)12-6-4-5-7-14(12)21-2/h4-7,11,13H,3,8-10H2,1-2H3. The molecule has 3 amide bonds. The number of urea groups is 1. The third-order valence-electron chi connectivity index (χ3n) is 4.56. The number of methoxy groups -OCH3 is 1. The van der Waals surface area contributed by atoms with Crippen molar-refractivity contribution >= 4 is 17.6 Å². The van der Waals surface area contributed by atoms with Gasteiger partial charge in [-0.25, -0.2) is 9.69 Å². The molecule has 112 valence electrons. The van der Waals surface area contributed by atoms with Gasteiger partial charge < -0.3 is 9.64 Å². The molecule has 5 heteroatoms. The first-order valence-electron chi connectivity index (χ1n) is 7.45. The van der Waals surface area contributed by atoms with Crippen LogP contribution in [0, 0.1) is 5.92 Å². The van der Waals surface area contributed by atoms with Gasteiger partial charge in [0.05, 0.1) is 12.8 Å². The summed E-state index contributed by atoms with van der Waals surface area (Å²) in [4.78, 5) is 28.3. The van der Waals surface area contributed by atoms with Crippen molar-refractivity contribution in [1.82, 2.24) is 4.90 Å². The fourth-order valence-electron chi connectivity index (χ4n) is 3.28. The Hall–Kier alpha value is -2.04. The van der Waals surface area contributed by atoms with Crippen molar-refractivity contribution in [2.24, 2.45) is 5.92 Å². The van der Waals surface area contributed by atoms with E-state index in [4.69, 9.17) is 4.74 Å². The Bertz CT molecular complexity index is 572. The molecule has 1 aromatic carbocycles. The van der Waals surface area contributed by atoms with Crippen molar-refractivity contribution in [3.8, 4) is 5.75 Å². The smallest absolute Gasteiger partial charge is 0.332 e. The molecule has 2 aliphatic heterocycles. The third kappa shape index (κ3) is 2.17. The number of amides is 3. The number of fused-ring (bicyclic) bond motifs is 1. The number of hydrogen-bond acceptors (Lipinski definition) is 3. The summed E-state index contributed by atoms with van der Waals surface area (Å²) in [5.41, 5.74) is 0.539. The van der Waals surface area contributed by atoms with Gasteiger partial charge in [0.1, 0.15) is 11.8 Å². The number of piperidine rings is 1. The lowest BCUT2D eigenvalue weighted by Crippen LogP contribution is -2.42. The zero-order chi connectivity index (χ0) is 15.0. The van der Waals surface area contributed by atoms with Crippen LogP contribution in [0.5, 0.6) is 5.75 Å². The van der Waals surface area contributed by atoms with Crippen LogP contribution < -0.4 is 9.64 Å². The molecule has 2 fully saturated rings. The van der Waals surface area contributed by atoms with Gasteiger partial charge in [-0.3, -0.25) is 4.79 Å². The van der Waals surface area contributed by atoms with Crippen molar-refractivity contribution in [2.75, 3.05) is 18.6 Å². The number of benzene rings is 1. The van der Waals surface area contributed by atoms with Crippen LogP contribution in [-0.4, -0.2) is 36.5 Å². The van der Waals surface area contributed by atoms with E-state index in [1.54, 1.807) is 24.1 Å².